The van der Waals surface area contributed by atoms with Gasteiger partial charge in [-0.05, 0) is 43.0 Å². The number of hydrogen-bond donors (Lipinski definition) is 2. The molecule has 0 spiro atoms. The highest BCUT2D eigenvalue weighted by Crippen LogP contribution is 2.42. The second-order valence-corrected chi connectivity index (χ2v) is 6.91. The Morgan fingerprint density at radius 2 is 2.08 bits per heavy atom. The number of aromatic nitrogens is 2. The lowest BCUT2D eigenvalue weighted by atomic mass is 10.1. The van der Waals surface area contributed by atoms with Crippen molar-refractivity contribution >= 4 is 11.6 Å². The highest BCUT2D eigenvalue weighted by atomic mass is 16.5. The number of nitrogens with two attached hydrogens (primary N) is 1. The molecular formula is C19H26N4O2. The van der Waals surface area contributed by atoms with Gasteiger partial charge in [-0.15, -0.1) is 0 Å². The van der Waals surface area contributed by atoms with Gasteiger partial charge in [0.15, 0.2) is 0 Å². The fourth-order valence-corrected chi connectivity index (χ4v) is 2.86. The van der Waals surface area contributed by atoms with Crippen LogP contribution < -0.4 is 15.8 Å². The molecule has 0 saturated heterocycles. The van der Waals surface area contributed by atoms with E-state index in [1.165, 1.54) is 0 Å². The highest BCUT2D eigenvalue weighted by molar-refractivity contribution is 6.05. The zero-order chi connectivity index (χ0) is 17.8. The lowest BCUT2D eigenvalue weighted by Crippen LogP contribution is -2.15. The van der Waals surface area contributed by atoms with Gasteiger partial charge < -0.3 is 15.8 Å². The van der Waals surface area contributed by atoms with Gasteiger partial charge in [-0.2, -0.15) is 5.10 Å². The van der Waals surface area contributed by atoms with Crippen molar-refractivity contribution in [3.05, 3.63) is 41.7 Å². The average molecular weight is 342 g/mol. The largest absolute Gasteiger partial charge is 0.492 e. The molecule has 1 saturated carbocycles. The molecule has 134 valence electrons. The molecule has 3 N–H and O–H groups in total. The van der Waals surface area contributed by atoms with Gasteiger partial charge in [0.25, 0.3) is 5.91 Å². The molecule has 1 aliphatic rings. The van der Waals surface area contributed by atoms with Crippen molar-refractivity contribution in [2.24, 2.45) is 11.7 Å². The molecule has 0 unspecified atom stereocenters. The number of ether oxygens (including phenoxy) is 1. The van der Waals surface area contributed by atoms with E-state index in [-0.39, 0.29) is 5.91 Å². The van der Waals surface area contributed by atoms with Gasteiger partial charge in [0, 0.05) is 24.7 Å². The molecule has 6 nitrogen and oxygen atoms in total. The van der Waals surface area contributed by atoms with Gasteiger partial charge >= 0.3 is 0 Å². The topological polar surface area (TPSA) is 82.2 Å². The number of nitrogens with one attached hydrogen (secondary N) is 1. The van der Waals surface area contributed by atoms with Crippen LogP contribution in [0.25, 0.3) is 0 Å². The Hall–Kier alpha value is -2.34. The maximum atomic E-state index is 12.7. The lowest BCUT2D eigenvalue weighted by molar-refractivity contribution is 0.102. The Labute approximate surface area is 148 Å². The van der Waals surface area contributed by atoms with Gasteiger partial charge in [0.2, 0.25) is 0 Å². The number of rotatable bonds is 8. The van der Waals surface area contributed by atoms with Gasteiger partial charge in [-0.25, -0.2) is 0 Å². The SMILES string of the molecule is CC(C)Cn1ncc(C(=O)Nc2ccc(OCCN)cc2)c1C1CC1. The maximum Gasteiger partial charge on any atom is 0.259 e. The molecule has 3 rings (SSSR count). The minimum Gasteiger partial charge on any atom is -0.492 e. The molecule has 0 bridgehead atoms. The number of carbonyl (C=O) groups is 1. The molecular weight excluding hydrogens is 316 g/mol. The molecule has 1 fully saturated rings. The van der Waals surface area contributed by atoms with Gasteiger partial charge in [0.1, 0.15) is 12.4 Å². The molecule has 0 aliphatic heterocycles. The van der Waals surface area contributed by atoms with Crippen LogP contribution in [-0.2, 0) is 6.54 Å². The number of hydrogen-bond acceptors (Lipinski definition) is 4. The van der Waals surface area contributed by atoms with Crippen molar-refractivity contribution in [3.63, 3.8) is 0 Å². The average Bonchev–Trinajstić information content (AvgIpc) is 3.34. The summed E-state index contributed by atoms with van der Waals surface area (Å²) in [4.78, 5) is 12.7. The second-order valence-electron chi connectivity index (χ2n) is 6.91. The van der Waals surface area contributed by atoms with Crippen LogP contribution in [-0.4, -0.2) is 28.8 Å². The third-order valence-corrected chi connectivity index (χ3v) is 4.13. The molecule has 1 aromatic carbocycles. The predicted molar refractivity (Wildman–Crippen MR) is 98.0 cm³/mol. The van der Waals surface area contributed by atoms with Gasteiger partial charge in [0.05, 0.1) is 17.5 Å². The summed E-state index contributed by atoms with van der Waals surface area (Å²) in [6, 6.07) is 7.32. The molecule has 0 atom stereocenters. The molecule has 1 heterocycles. The van der Waals surface area contributed by atoms with E-state index in [4.69, 9.17) is 10.5 Å². The van der Waals surface area contributed by atoms with Crippen LogP contribution in [0.2, 0.25) is 0 Å². The number of amides is 1. The van der Waals surface area contributed by atoms with E-state index in [0.29, 0.717) is 30.6 Å². The fraction of sp³-hybridized carbons (Fsp3) is 0.474. The van der Waals surface area contributed by atoms with E-state index < -0.39 is 0 Å². The maximum absolute atomic E-state index is 12.7. The first-order valence-corrected chi connectivity index (χ1v) is 8.88. The smallest absolute Gasteiger partial charge is 0.259 e. The van der Waals surface area contributed by atoms with Crippen molar-refractivity contribution in [2.75, 3.05) is 18.5 Å². The Morgan fingerprint density at radius 1 is 1.36 bits per heavy atom. The van der Waals surface area contributed by atoms with Crippen LogP contribution in [0.5, 0.6) is 5.75 Å². The second kappa shape index (κ2) is 7.70. The Bertz CT molecular complexity index is 718. The van der Waals surface area contributed by atoms with Crippen molar-refractivity contribution in [1.82, 2.24) is 9.78 Å². The molecule has 1 aromatic heterocycles. The van der Waals surface area contributed by atoms with Crippen LogP contribution in [0.1, 0.15) is 48.7 Å². The monoisotopic (exact) mass is 342 g/mol. The van der Waals surface area contributed by atoms with Crippen LogP contribution in [0.15, 0.2) is 30.5 Å². The predicted octanol–water partition coefficient (Wildman–Crippen LogP) is 3.01. The summed E-state index contributed by atoms with van der Waals surface area (Å²) in [6.45, 7) is 6.11. The lowest BCUT2D eigenvalue weighted by Gasteiger charge is -2.11. The summed E-state index contributed by atoms with van der Waals surface area (Å²) in [7, 11) is 0. The highest BCUT2D eigenvalue weighted by Gasteiger charge is 2.32. The normalized spacial score (nSPS) is 13.9. The molecule has 25 heavy (non-hydrogen) atoms. The van der Waals surface area contributed by atoms with Crippen LogP contribution in [0, 0.1) is 5.92 Å². The first kappa shape index (κ1) is 17.5. The minimum atomic E-state index is -0.104. The zero-order valence-electron chi connectivity index (χ0n) is 14.9. The summed E-state index contributed by atoms with van der Waals surface area (Å²) in [5.74, 6) is 1.60. The zero-order valence-corrected chi connectivity index (χ0v) is 14.9. The van der Waals surface area contributed by atoms with Gasteiger partial charge in [-0.1, -0.05) is 13.8 Å². The molecule has 2 aromatic rings. The number of anilines is 1. The first-order valence-electron chi connectivity index (χ1n) is 8.88. The van der Waals surface area contributed by atoms with Crippen molar-refractivity contribution in [2.45, 2.75) is 39.2 Å². The number of carbonyl (C=O) groups excluding carboxylic acids is 1. The number of nitrogens with zero attached hydrogens (tertiary/aromatic N) is 2. The molecule has 0 radical (unpaired) electrons. The third-order valence-electron chi connectivity index (χ3n) is 4.13. The van der Waals surface area contributed by atoms with Crippen molar-refractivity contribution in [1.29, 1.82) is 0 Å². The Balaban J connectivity index is 1.72. The number of benzene rings is 1. The Morgan fingerprint density at radius 3 is 2.68 bits per heavy atom. The van der Waals surface area contributed by atoms with E-state index in [1.54, 1.807) is 6.20 Å². The summed E-state index contributed by atoms with van der Waals surface area (Å²) >= 11 is 0. The van der Waals surface area contributed by atoms with Crippen LogP contribution in [0.3, 0.4) is 0 Å². The van der Waals surface area contributed by atoms with E-state index in [1.807, 2.05) is 28.9 Å². The van der Waals surface area contributed by atoms with E-state index in [0.717, 1.165) is 36.5 Å². The minimum absolute atomic E-state index is 0.104. The van der Waals surface area contributed by atoms with Crippen LogP contribution >= 0.6 is 0 Å². The van der Waals surface area contributed by atoms with Crippen molar-refractivity contribution in [3.8, 4) is 5.75 Å². The molecule has 1 amide bonds. The quantitative estimate of drug-likeness (QED) is 0.772. The first-order chi connectivity index (χ1) is 12.1. The van der Waals surface area contributed by atoms with E-state index in [2.05, 4.69) is 24.3 Å². The molecule has 1 aliphatic carbocycles. The van der Waals surface area contributed by atoms with E-state index >= 15 is 0 Å². The fourth-order valence-electron chi connectivity index (χ4n) is 2.86. The summed E-state index contributed by atoms with van der Waals surface area (Å²) < 4.78 is 7.45. The third kappa shape index (κ3) is 4.39. The summed E-state index contributed by atoms with van der Waals surface area (Å²) in [5.41, 5.74) is 7.93. The van der Waals surface area contributed by atoms with Crippen LogP contribution in [0.4, 0.5) is 5.69 Å². The standard InChI is InChI=1S/C19H26N4O2/c1-13(2)12-23-18(14-3-4-14)17(11-21-23)19(24)22-15-5-7-16(8-6-15)25-10-9-20/h5-8,11,13-14H,3-4,9-10,12,20H2,1-2H3,(H,22,24). The summed E-state index contributed by atoms with van der Waals surface area (Å²) in [6.07, 6.45) is 3.97. The summed E-state index contributed by atoms with van der Waals surface area (Å²) in [5, 5.41) is 7.41. The molecule has 6 heteroatoms. The van der Waals surface area contributed by atoms with Crippen molar-refractivity contribution < 1.29 is 9.53 Å². The Kier molecular flexibility index (Phi) is 5.38. The van der Waals surface area contributed by atoms with Gasteiger partial charge in [-0.3, -0.25) is 9.48 Å². The van der Waals surface area contributed by atoms with E-state index in [9.17, 15) is 4.79 Å².